The summed E-state index contributed by atoms with van der Waals surface area (Å²) >= 11 is 0. The molecule has 0 bridgehead atoms. The summed E-state index contributed by atoms with van der Waals surface area (Å²) in [6.07, 6.45) is 0. The van der Waals surface area contributed by atoms with Crippen LogP contribution < -0.4 is 15.5 Å². The molecule has 0 amide bonds. The largest absolute Gasteiger partial charge is 0.378 e. The lowest BCUT2D eigenvalue weighted by atomic mass is 10.2. The first-order valence-electron chi connectivity index (χ1n) is 9.38. The molecule has 0 spiro atoms. The van der Waals surface area contributed by atoms with Crippen LogP contribution in [0.5, 0.6) is 0 Å². The van der Waals surface area contributed by atoms with Gasteiger partial charge in [0.2, 0.25) is 5.95 Å². The molecule has 0 unspecified atom stereocenters. The summed E-state index contributed by atoms with van der Waals surface area (Å²) in [5.74, 6) is 1.00. The van der Waals surface area contributed by atoms with Gasteiger partial charge in [-0.3, -0.25) is 0 Å². The molecular formula is C23H22FN5. The summed E-state index contributed by atoms with van der Waals surface area (Å²) in [6, 6.07) is 22.4. The van der Waals surface area contributed by atoms with Crippen LogP contribution in [0.15, 0.2) is 72.8 Å². The van der Waals surface area contributed by atoms with Crippen LogP contribution in [0.1, 0.15) is 5.56 Å². The van der Waals surface area contributed by atoms with Crippen molar-refractivity contribution in [3.8, 4) is 0 Å². The number of rotatable bonds is 6. The molecule has 5 nitrogen and oxygen atoms in total. The van der Waals surface area contributed by atoms with Gasteiger partial charge in [-0.25, -0.2) is 9.37 Å². The van der Waals surface area contributed by atoms with E-state index in [2.05, 4.69) is 20.6 Å². The standard InChI is InChI=1S/C23H22FN5/c1-29(2)19-13-11-18(12-14-19)26-23-27-21-6-4-3-5-20(21)22(28-23)25-15-16-7-9-17(24)10-8-16/h3-14H,15H2,1-2H3,(H2,25,26,27,28). The Morgan fingerprint density at radius 2 is 1.59 bits per heavy atom. The highest BCUT2D eigenvalue weighted by atomic mass is 19.1. The molecule has 0 radical (unpaired) electrons. The number of nitrogens with one attached hydrogen (secondary N) is 2. The minimum atomic E-state index is -0.243. The van der Waals surface area contributed by atoms with E-state index in [1.807, 2.05) is 67.5 Å². The molecule has 29 heavy (non-hydrogen) atoms. The quantitative estimate of drug-likeness (QED) is 0.477. The Balaban J connectivity index is 1.60. The topological polar surface area (TPSA) is 53.1 Å². The molecule has 146 valence electrons. The molecule has 0 saturated carbocycles. The van der Waals surface area contributed by atoms with Gasteiger partial charge >= 0.3 is 0 Å². The van der Waals surface area contributed by atoms with Crippen molar-refractivity contribution in [1.82, 2.24) is 9.97 Å². The van der Waals surface area contributed by atoms with Crippen molar-refractivity contribution >= 4 is 34.0 Å². The Labute approximate surface area is 169 Å². The molecule has 0 fully saturated rings. The highest BCUT2D eigenvalue weighted by Crippen LogP contribution is 2.25. The third kappa shape index (κ3) is 4.43. The van der Waals surface area contributed by atoms with E-state index in [4.69, 9.17) is 0 Å². The van der Waals surface area contributed by atoms with Crippen LogP contribution >= 0.6 is 0 Å². The monoisotopic (exact) mass is 387 g/mol. The number of aromatic nitrogens is 2. The van der Waals surface area contributed by atoms with Crippen LogP contribution in [-0.2, 0) is 6.54 Å². The van der Waals surface area contributed by atoms with E-state index in [1.165, 1.54) is 12.1 Å². The minimum Gasteiger partial charge on any atom is -0.378 e. The normalized spacial score (nSPS) is 10.7. The molecular weight excluding hydrogens is 365 g/mol. The molecule has 0 atom stereocenters. The number of benzene rings is 3. The van der Waals surface area contributed by atoms with Crippen molar-refractivity contribution in [2.24, 2.45) is 0 Å². The SMILES string of the molecule is CN(C)c1ccc(Nc2nc(NCc3ccc(F)cc3)c3ccccc3n2)cc1. The van der Waals surface area contributed by atoms with Gasteiger partial charge in [-0.15, -0.1) is 0 Å². The summed E-state index contributed by atoms with van der Waals surface area (Å²) in [5, 5.41) is 7.56. The van der Waals surface area contributed by atoms with Gasteiger partial charge in [0.15, 0.2) is 0 Å². The van der Waals surface area contributed by atoms with E-state index in [-0.39, 0.29) is 5.82 Å². The fraction of sp³-hybridized carbons (Fsp3) is 0.130. The average molecular weight is 387 g/mol. The van der Waals surface area contributed by atoms with Crippen molar-refractivity contribution in [2.75, 3.05) is 29.6 Å². The first kappa shape index (κ1) is 18.7. The highest BCUT2D eigenvalue weighted by Gasteiger charge is 2.08. The third-order valence-corrected chi connectivity index (χ3v) is 4.62. The number of hydrogen-bond donors (Lipinski definition) is 2. The Kier molecular flexibility index (Phi) is 5.24. The van der Waals surface area contributed by atoms with Gasteiger partial charge in [0.25, 0.3) is 0 Å². The van der Waals surface area contributed by atoms with Crippen molar-refractivity contribution in [3.63, 3.8) is 0 Å². The smallest absolute Gasteiger partial charge is 0.229 e. The van der Waals surface area contributed by atoms with Gasteiger partial charge in [0, 0.05) is 37.4 Å². The molecule has 2 N–H and O–H groups in total. The second-order valence-corrected chi connectivity index (χ2v) is 6.96. The third-order valence-electron chi connectivity index (χ3n) is 4.62. The summed E-state index contributed by atoms with van der Waals surface area (Å²) in [5.41, 5.74) is 3.85. The second-order valence-electron chi connectivity index (χ2n) is 6.96. The first-order valence-corrected chi connectivity index (χ1v) is 9.38. The Hall–Kier alpha value is -3.67. The molecule has 1 heterocycles. The maximum atomic E-state index is 13.1. The number of fused-ring (bicyclic) bond motifs is 1. The van der Waals surface area contributed by atoms with Crippen molar-refractivity contribution in [1.29, 1.82) is 0 Å². The van der Waals surface area contributed by atoms with E-state index >= 15 is 0 Å². The fourth-order valence-corrected chi connectivity index (χ4v) is 3.03. The number of para-hydroxylation sites is 1. The lowest BCUT2D eigenvalue weighted by molar-refractivity contribution is 0.627. The van der Waals surface area contributed by atoms with E-state index in [1.54, 1.807) is 12.1 Å². The van der Waals surface area contributed by atoms with Crippen LogP contribution in [0.3, 0.4) is 0 Å². The highest BCUT2D eigenvalue weighted by molar-refractivity contribution is 5.90. The molecule has 6 heteroatoms. The maximum absolute atomic E-state index is 13.1. The van der Waals surface area contributed by atoms with E-state index in [9.17, 15) is 4.39 Å². The van der Waals surface area contributed by atoms with Gasteiger partial charge < -0.3 is 15.5 Å². The molecule has 4 rings (SSSR count). The Morgan fingerprint density at radius 3 is 2.31 bits per heavy atom. The zero-order valence-electron chi connectivity index (χ0n) is 16.4. The van der Waals surface area contributed by atoms with E-state index < -0.39 is 0 Å². The molecule has 4 aromatic rings. The number of nitrogens with zero attached hydrogens (tertiary/aromatic N) is 3. The van der Waals surface area contributed by atoms with Crippen LogP contribution in [0, 0.1) is 5.82 Å². The molecule has 3 aromatic carbocycles. The van der Waals surface area contributed by atoms with Gasteiger partial charge in [0.05, 0.1) is 5.52 Å². The number of halogens is 1. The summed E-state index contributed by atoms with van der Waals surface area (Å²) in [7, 11) is 4.02. The van der Waals surface area contributed by atoms with Crippen molar-refractivity contribution < 1.29 is 4.39 Å². The van der Waals surface area contributed by atoms with Crippen LogP contribution in [0.25, 0.3) is 10.9 Å². The van der Waals surface area contributed by atoms with Gasteiger partial charge in [0.1, 0.15) is 11.6 Å². The van der Waals surface area contributed by atoms with Crippen molar-refractivity contribution in [3.05, 3.63) is 84.2 Å². The van der Waals surface area contributed by atoms with Gasteiger partial charge in [-0.2, -0.15) is 4.98 Å². The molecule has 0 saturated heterocycles. The lowest BCUT2D eigenvalue weighted by Gasteiger charge is -2.14. The fourth-order valence-electron chi connectivity index (χ4n) is 3.03. The van der Waals surface area contributed by atoms with Crippen molar-refractivity contribution in [2.45, 2.75) is 6.54 Å². The predicted molar refractivity (Wildman–Crippen MR) is 117 cm³/mol. The van der Waals surface area contributed by atoms with Crippen LogP contribution in [0.2, 0.25) is 0 Å². The number of anilines is 4. The predicted octanol–water partition coefficient (Wildman–Crippen LogP) is 5.19. The molecule has 0 aliphatic rings. The Bertz CT molecular complexity index is 1110. The van der Waals surface area contributed by atoms with E-state index in [0.717, 1.165) is 33.7 Å². The number of hydrogen-bond acceptors (Lipinski definition) is 5. The summed E-state index contributed by atoms with van der Waals surface area (Å²) < 4.78 is 13.1. The molecule has 0 aliphatic carbocycles. The molecule has 1 aromatic heterocycles. The minimum absolute atomic E-state index is 0.243. The zero-order valence-corrected chi connectivity index (χ0v) is 16.4. The van der Waals surface area contributed by atoms with Gasteiger partial charge in [-0.1, -0.05) is 24.3 Å². The van der Waals surface area contributed by atoms with E-state index in [0.29, 0.717) is 12.5 Å². The maximum Gasteiger partial charge on any atom is 0.229 e. The Morgan fingerprint density at radius 1 is 0.862 bits per heavy atom. The van der Waals surface area contributed by atoms with Crippen LogP contribution in [-0.4, -0.2) is 24.1 Å². The zero-order chi connectivity index (χ0) is 20.2. The summed E-state index contributed by atoms with van der Waals surface area (Å²) in [6.45, 7) is 0.540. The lowest BCUT2D eigenvalue weighted by Crippen LogP contribution is -2.08. The molecule has 0 aliphatic heterocycles. The van der Waals surface area contributed by atoms with Crippen LogP contribution in [0.4, 0.5) is 27.5 Å². The first-order chi connectivity index (χ1) is 14.1. The summed E-state index contributed by atoms with van der Waals surface area (Å²) in [4.78, 5) is 11.4. The average Bonchev–Trinajstić information content (AvgIpc) is 2.73. The second kappa shape index (κ2) is 8.14. The van der Waals surface area contributed by atoms with Gasteiger partial charge in [-0.05, 0) is 54.1 Å².